The molecular formula is C25H30ClFIN5O4SSi. The van der Waals surface area contributed by atoms with Gasteiger partial charge in [0.25, 0.3) is 0 Å². The van der Waals surface area contributed by atoms with Gasteiger partial charge in [0, 0.05) is 17.2 Å². The molecule has 39 heavy (non-hydrogen) atoms. The molecule has 5 rings (SSSR count). The molecule has 3 aromatic heterocycles. The van der Waals surface area contributed by atoms with Crippen molar-refractivity contribution in [1.29, 1.82) is 0 Å². The zero-order chi connectivity index (χ0) is 28.7. The zero-order valence-corrected chi connectivity index (χ0v) is 27.3. The highest BCUT2D eigenvalue weighted by Gasteiger charge is 2.56. The summed E-state index contributed by atoms with van der Waals surface area (Å²) in [6.07, 6.45) is 2.50. The van der Waals surface area contributed by atoms with Gasteiger partial charge in [-0.1, -0.05) is 32.4 Å². The lowest BCUT2D eigenvalue weighted by Crippen LogP contribution is -2.42. The summed E-state index contributed by atoms with van der Waals surface area (Å²) in [6, 6.07) is 4.32. The summed E-state index contributed by atoms with van der Waals surface area (Å²) in [5.41, 5.74) is -0.649. The molecule has 4 aromatic rings. The van der Waals surface area contributed by atoms with Crippen molar-refractivity contribution in [2.24, 2.45) is 7.05 Å². The quantitative estimate of drug-likeness (QED) is 0.184. The number of aryl methyl sites for hydroxylation is 1. The molecule has 0 atom stereocenters. The average molecular weight is 706 g/mol. The van der Waals surface area contributed by atoms with E-state index < -0.39 is 34.6 Å². The summed E-state index contributed by atoms with van der Waals surface area (Å²) in [4.78, 5) is 22.8. The fourth-order valence-electron chi connectivity index (χ4n) is 4.47. The summed E-state index contributed by atoms with van der Waals surface area (Å²) in [5, 5.41) is -0.00893. The van der Waals surface area contributed by atoms with E-state index in [9.17, 15) is 13.2 Å². The third-order valence-electron chi connectivity index (χ3n) is 8.10. The molecule has 0 N–H and O–H groups in total. The molecule has 210 valence electrons. The van der Waals surface area contributed by atoms with Crippen LogP contribution in [0, 0.1) is 9.39 Å². The van der Waals surface area contributed by atoms with E-state index in [4.69, 9.17) is 16.0 Å². The highest BCUT2D eigenvalue weighted by Crippen LogP contribution is 2.48. The summed E-state index contributed by atoms with van der Waals surface area (Å²) < 4.78 is 52.7. The third kappa shape index (κ3) is 4.48. The number of halogens is 3. The lowest BCUT2D eigenvalue weighted by Gasteiger charge is -2.36. The van der Waals surface area contributed by atoms with E-state index in [0.29, 0.717) is 26.0 Å². The molecule has 9 nitrogen and oxygen atoms in total. The first-order valence-electron chi connectivity index (χ1n) is 12.5. The SMILES string of the molecule is Cn1cnc2c(Cl)c3c(nc21)n(S(=O)(=O)C1(CCO[Si](C)(C)C(C)(C)C)CC1)c(=O)n3-c1ccc(I)cc1F. The number of aromatic nitrogens is 5. The van der Waals surface area contributed by atoms with Gasteiger partial charge in [-0.05, 0) is 78.2 Å². The Morgan fingerprint density at radius 2 is 1.90 bits per heavy atom. The second kappa shape index (κ2) is 9.36. The topological polar surface area (TPSA) is 101 Å². The second-order valence-corrected chi connectivity index (χ2v) is 20.3. The molecule has 14 heteroatoms. The van der Waals surface area contributed by atoms with Crippen LogP contribution in [0.25, 0.3) is 28.0 Å². The maximum absolute atomic E-state index is 15.2. The summed E-state index contributed by atoms with van der Waals surface area (Å²) in [5.74, 6) is -0.693. The van der Waals surface area contributed by atoms with Gasteiger partial charge in [0.1, 0.15) is 16.9 Å². The lowest BCUT2D eigenvalue weighted by atomic mass is 10.2. The fourth-order valence-corrected chi connectivity index (χ4v) is 8.26. The molecule has 1 aliphatic carbocycles. The van der Waals surface area contributed by atoms with Crippen LogP contribution in [-0.4, -0.2) is 51.2 Å². The number of rotatable bonds is 7. The average Bonchev–Trinajstić information content (AvgIpc) is 3.44. The van der Waals surface area contributed by atoms with Crippen molar-refractivity contribution < 1.29 is 17.2 Å². The standard InChI is InChI=1S/C25H30ClFIN5O4SSi/c1-24(2,3)39(5,6)37-12-11-25(9-10-25)38(35,36)33-22-20(18(26)19-21(30-22)31(4)14-29-19)32(23(33)34)17-8-7-15(28)13-16(17)27/h7-8,13-14H,9-12H2,1-6H3. The zero-order valence-electron chi connectivity index (χ0n) is 22.5. The first kappa shape index (κ1) is 28.7. The number of imidazole rings is 2. The third-order valence-corrected chi connectivity index (χ3v) is 16.2. The molecule has 0 spiro atoms. The van der Waals surface area contributed by atoms with E-state index >= 15 is 4.39 Å². The van der Waals surface area contributed by atoms with Crippen molar-refractivity contribution in [2.45, 2.75) is 62.9 Å². The number of fused-ring (bicyclic) bond motifs is 2. The molecule has 0 bridgehead atoms. The molecule has 0 amide bonds. The van der Waals surface area contributed by atoms with Crippen LogP contribution in [-0.2, 0) is 21.5 Å². The Labute approximate surface area is 245 Å². The first-order valence-corrected chi connectivity index (χ1v) is 18.3. The summed E-state index contributed by atoms with van der Waals surface area (Å²) in [7, 11) is -4.70. The molecule has 0 saturated heterocycles. The summed E-state index contributed by atoms with van der Waals surface area (Å²) >= 11 is 8.71. The van der Waals surface area contributed by atoms with Crippen molar-refractivity contribution in [1.82, 2.24) is 23.1 Å². The van der Waals surface area contributed by atoms with E-state index in [-0.39, 0.29) is 45.5 Å². The van der Waals surface area contributed by atoms with E-state index in [1.807, 2.05) is 22.6 Å². The largest absolute Gasteiger partial charge is 0.417 e. The van der Waals surface area contributed by atoms with Gasteiger partial charge in [0.2, 0.25) is 10.0 Å². The number of benzene rings is 1. The van der Waals surface area contributed by atoms with Crippen LogP contribution in [0.2, 0.25) is 23.2 Å². The van der Waals surface area contributed by atoms with Gasteiger partial charge in [-0.25, -0.2) is 27.6 Å². The van der Waals surface area contributed by atoms with Gasteiger partial charge in [0.05, 0.1) is 21.8 Å². The Morgan fingerprint density at radius 3 is 2.49 bits per heavy atom. The highest BCUT2D eigenvalue weighted by molar-refractivity contribution is 14.1. The predicted molar refractivity (Wildman–Crippen MR) is 161 cm³/mol. The van der Waals surface area contributed by atoms with E-state index in [2.05, 4.69) is 43.8 Å². The molecule has 1 fully saturated rings. The monoisotopic (exact) mass is 705 g/mol. The van der Waals surface area contributed by atoms with Crippen LogP contribution in [0.4, 0.5) is 4.39 Å². The Kier molecular flexibility index (Phi) is 6.89. The Morgan fingerprint density at radius 1 is 1.23 bits per heavy atom. The van der Waals surface area contributed by atoms with Crippen molar-refractivity contribution in [3.8, 4) is 5.69 Å². The van der Waals surface area contributed by atoms with Crippen molar-refractivity contribution in [3.05, 3.63) is 49.4 Å². The predicted octanol–water partition coefficient (Wildman–Crippen LogP) is 5.59. The van der Waals surface area contributed by atoms with Crippen molar-refractivity contribution >= 4 is 74.9 Å². The van der Waals surface area contributed by atoms with Crippen LogP contribution >= 0.6 is 34.2 Å². The molecular weight excluding hydrogens is 676 g/mol. The van der Waals surface area contributed by atoms with Gasteiger partial charge in [-0.15, -0.1) is 0 Å². The van der Waals surface area contributed by atoms with E-state index in [0.717, 1.165) is 4.57 Å². The molecule has 1 aromatic carbocycles. The maximum atomic E-state index is 15.2. The highest BCUT2D eigenvalue weighted by atomic mass is 127. The van der Waals surface area contributed by atoms with Gasteiger partial charge < -0.3 is 8.99 Å². The van der Waals surface area contributed by atoms with E-state index in [1.165, 1.54) is 18.5 Å². The molecule has 1 aliphatic rings. The first-order chi connectivity index (χ1) is 18.0. The van der Waals surface area contributed by atoms with Crippen molar-refractivity contribution in [3.63, 3.8) is 0 Å². The minimum atomic E-state index is -4.28. The van der Waals surface area contributed by atoms with Gasteiger partial charge in [0.15, 0.2) is 19.6 Å². The minimum absolute atomic E-state index is 0.00938. The molecule has 0 unspecified atom stereocenters. The molecule has 3 heterocycles. The van der Waals surface area contributed by atoms with Crippen molar-refractivity contribution in [2.75, 3.05) is 6.61 Å². The smallest absolute Gasteiger partial charge is 0.349 e. The lowest BCUT2D eigenvalue weighted by molar-refractivity contribution is 0.277. The van der Waals surface area contributed by atoms with E-state index in [1.54, 1.807) is 17.7 Å². The van der Waals surface area contributed by atoms with Crippen LogP contribution in [0.15, 0.2) is 29.3 Å². The second-order valence-electron chi connectivity index (χ2n) is 11.7. The number of hydrogen-bond acceptors (Lipinski definition) is 6. The number of hydrogen-bond donors (Lipinski definition) is 0. The van der Waals surface area contributed by atoms with Gasteiger partial charge in [-0.3, -0.25) is 4.57 Å². The van der Waals surface area contributed by atoms with Crippen LogP contribution in [0.3, 0.4) is 0 Å². The maximum Gasteiger partial charge on any atom is 0.349 e. The number of nitrogens with zero attached hydrogens (tertiary/aromatic N) is 5. The number of pyridine rings is 1. The molecule has 0 radical (unpaired) electrons. The normalized spacial score (nSPS) is 15.9. The minimum Gasteiger partial charge on any atom is -0.417 e. The van der Waals surface area contributed by atoms with Crippen LogP contribution in [0.1, 0.15) is 40.0 Å². The van der Waals surface area contributed by atoms with Gasteiger partial charge in [-0.2, -0.15) is 3.97 Å². The Hall–Kier alpha value is -1.81. The molecule has 0 aliphatic heterocycles. The fraction of sp³-hybridized carbons (Fsp3) is 0.480. The van der Waals surface area contributed by atoms with Crippen LogP contribution in [0.5, 0.6) is 0 Å². The van der Waals surface area contributed by atoms with Crippen LogP contribution < -0.4 is 5.69 Å². The Bertz CT molecular complexity index is 1810. The summed E-state index contributed by atoms with van der Waals surface area (Å²) in [6.45, 7) is 10.8. The van der Waals surface area contributed by atoms with Gasteiger partial charge >= 0.3 is 5.69 Å². The molecule has 1 saturated carbocycles. The Balaban J connectivity index is 1.71.